The summed E-state index contributed by atoms with van der Waals surface area (Å²) in [6, 6.07) is 8.42. The Morgan fingerprint density at radius 1 is 1.15 bits per heavy atom. The van der Waals surface area contributed by atoms with Crippen molar-refractivity contribution in [3.8, 4) is 11.3 Å². The smallest absolute Gasteiger partial charge is 0.227 e. The lowest BCUT2D eigenvalue weighted by Gasteiger charge is -2.18. The molecule has 27 heavy (non-hydrogen) atoms. The highest BCUT2D eigenvalue weighted by atomic mass is 32.2. The lowest BCUT2D eigenvalue weighted by Crippen LogP contribution is -2.26. The lowest BCUT2D eigenvalue weighted by molar-refractivity contribution is 0.601. The van der Waals surface area contributed by atoms with Crippen LogP contribution in [0.5, 0.6) is 0 Å². The van der Waals surface area contributed by atoms with Crippen molar-refractivity contribution in [2.45, 2.75) is 26.2 Å². The van der Waals surface area contributed by atoms with Gasteiger partial charge in [-0.25, -0.2) is 18.4 Å². The largest absolute Gasteiger partial charge is 0.343 e. The average Bonchev–Trinajstić information content (AvgIpc) is 3.19. The van der Waals surface area contributed by atoms with Gasteiger partial charge in [0.15, 0.2) is 0 Å². The molecule has 1 aromatic carbocycles. The number of sulfone groups is 1. The van der Waals surface area contributed by atoms with Crippen molar-refractivity contribution >= 4 is 37.3 Å². The molecule has 7 heteroatoms. The first kappa shape index (κ1) is 18.4. The second-order valence-electron chi connectivity index (χ2n) is 7.33. The molecule has 0 radical (unpaired) electrons. The summed E-state index contributed by atoms with van der Waals surface area (Å²) in [4.78, 5) is 13.9. The molecule has 0 bridgehead atoms. The molecular formula is C20H23N3O2S2. The molecule has 0 saturated heterocycles. The summed E-state index contributed by atoms with van der Waals surface area (Å²) < 4.78 is 23.1. The molecule has 1 aliphatic rings. The molecule has 4 rings (SSSR count). The number of hydrogen-bond acceptors (Lipinski definition) is 6. The Labute approximate surface area is 164 Å². The Bertz CT molecular complexity index is 1100. The number of thiophene rings is 1. The Kier molecular flexibility index (Phi) is 4.68. The number of fused-ring (bicyclic) bond motifs is 3. The van der Waals surface area contributed by atoms with Crippen LogP contribution in [0.1, 0.15) is 22.4 Å². The fourth-order valence-electron chi connectivity index (χ4n) is 3.48. The van der Waals surface area contributed by atoms with E-state index in [1.807, 2.05) is 11.9 Å². The van der Waals surface area contributed by atoms with E-state index >= 15 is 0 Å². The van der Waals surface area contributed by atoms with Crippen LogP contribution in [0.25, 0.3) is 21.5 Å². The SMILES string of the molecule is Cc1ccc(-c2nc(N(C)CCS(C)(=O)=O)nc3sc4c(c23)CCC4)cc1. The summed E-state index contributed by atoms with van der Waals surface area (Å²) in [5, 5.41) is 1.18. The van der Waals surface area contributed by atoms with Crippen LogP contribution < -0.4 is 4.90 Å². The third kappa shape index (κ3) is 3.71. The molecule has 1 aliphatic carbocycles. The van der Waals surface area contributed by atoms with Gasteiger partial charge in [-0.15, -0.1) is 11.3 Å². The second-order valence-corrected chi connectivity index (χ2v) is 10.7. The number of benzene rings is 1. The van der Waals surface area contributed by atoms with Gasteiger partial charge >= 0.3 is 0 Å². The minimum atomic E-state index is -3.03. The van der Waals surface area contributed by atoms with Crippen LogP contribution in [0, 0.1) is 6.92 Å². The molecule has 0 N–H and O–H groups in total. The van der Waals surface area contributed by atoms with Gasteiger partial charge in [-0.05, 0) is 31.7 Å². The predicted molar refractivity (Wildman–Crippen MR) is 113 cm³/mol. The first-order valence-electron chi connectivity index (χ1n) is 9.10. The van der Waals surface area contributed by atoms with Crippen LogP contribution in [0.15, 0.2) is 24.3 Å². The van der Waals surface area contributed by atoms with Crippen LogP contribution in [-0.2, 0) is 22.7 Å². The van der Waals surface area contributed by atoms with E-state index in [1.165, 1.54) is 34.1 Å². The van der Waals surface area contributed by atoms with Crippen LogP contribution in [0.4, 0.5) is 5.95 Å². The van der Waals surface area contributed by atoms with E-state index in [-0.39, 0.29) is 5.75 Å². The molecule has 0 spiro atoms. The normalized spacial score (nSPS) is 13.9. The van der Waals surface area contributed by atoms with Gasteiger partial charge in [-0.3, -0.25) is 0 Å². The molecule has 0 unspecified atom stereocenters. The topological polar surface area (TPSA) is 63.2 Å². The number of hydrogen-bond donors (Lipinski definition) is 0. The third-order valence-electron chi connectivity index (χ3n) is 5.02. The van der Waals surface area contributed by atoms with E-state index in [9.17, 15) is 8.42 Å². The molecular weight excluding hydrogens is 378 g/mol. The van der Waals surface area contributed by atoms with Gasteiger partial charge in [-0.2, -0.15) is 0 Å². The van der Waals surface area contributed by atoms with Crippen molar-refractivity contribution in [3.05, 3.63) is 40.3 Å². The molecule has 0 atom stereocenters. The second kappa shape index (κ2) is 6.87. The molecule has 2 aromatic heterocycles. The van der Waals surface area contributed by atoms with Crippen molar-refractivity contribution < 1.29 is 8.42 Å². The van der Waals surface area contributed by atoms with Gasteiger partial charge in [0.2, 0.25) is 5.95 Å². The molecule has 0 aliphatic heterocycles. The van der Waals surface area contributed by atoms with Crippen LogP contribution in [0.2, 0.25) is 0 Å². The maximum Gasteiger partial charge on any atom is 0.227 e. The van der Waals surface area contributed by atoms with E-state index in [0.29, 0.717) is 12.5 Å². The van der Waals surface area contributed by atoms with Gasteiger partial charge in [0.05, 0.1) is 11.4 Å². The minimum absolute atomic E-state index is 0.0890. The average molecular weight is 402 g/mol. The first-order valence-corrected chi connectivity index (χ1v) is 12.0. The fourth-order valence-corrected chi connectivity index (χ4v) is 5.34. The minimum Gasteiger partial charge on any atom is -0.343 e. The van der Waals surface area contributed by atoms with Gasteiger partial charge in [0.1, 0.15) is 14.7 Å². The van der Waals surface area contributed by atoms with E-state index in [2.05, 4.69) is 31.2 Å². The zero-order valence-corrected chi connectivity index (χ0v) is 17.5. The highest BCUT2D eigenvalue weighted by Gasteiger charge is 2.23. The van der Waals surface area contributed by atoms with Crippen molar-refractivity contribution in [2.75, 3.05) is 30.5 Å². The highest BCUT2D eigenvalue weighted by molar-refractivity contribution is 7.90. The monoisotopic (exact) mass is 401 g/mol. The number of aryl methyl sites for hydroxylation is 3. The fraction of sp³-hybridized carbons (Fsp3) is 0.400. The standard InChI is InChI=1S/C20H23N3O2S2/c1-13-7-9-14(10-8-13)18-17-15-5-4-6-16(15)26-19(17)22-20(21-18)23(2)11-12-27(3,24)25/h7-10H,4-6,11-12H2,1-3H3. The molecule has 2 heterocycles. The predicted octanol–water partition coefficient (Wildman–Crippen LogP) is 3.64. The van der Waals surface area contributed by atoms with Crippen LogP contribution in [0.3, 0.4) is 0 Å². The molecule has 0 fully saturated rings. The maximum atomic E-state index is 11.5. The lowest BCUT2D eigenvalue weighted by atomic mass is 10.0. The molecule has 3 aromatic rings. The van der Waals surface area contributed by atoms with Gasteiger partial charge < -0.3 is 4.90 Å². The van der Waals surface area contributed by atoms with Crippen LogP contribution >= 0.6 is 11.3 Å². The summed E-state index contributed by atoms with van der Waals surface area (Å²) in [7, 11) is -1.18. The van der Waals surface area contributed by atoms with Gasteiger partial charge in [-0.1, -0.05) is 29.8 Å². The van der Waals surface area contributed by atoms with Crippen molar-refractivity contribution in [1.82, 2.24) is 9.97 Å². The number of rotatable bonds is 5. The summed E-state index contributed by atoms with van der Waals surface area (Å²) in [6.07, 6.45) is 4.65. The quantitative estimate of drug-likeness (QED) is 0.653. The van der Waals surface area contributed by atoms with Crippen molar-refractivity contribution in [1.29, 1.82) is 0 Å². The molecule has 0 saturated carbocycles. The Balaban J connectivity index is 1.84. The van der Waals surface area contributed by atoms with Crippen molar-refractivity contribution in [2.24, 2.45) is 0 Å². The van der Waals surface area contributed by atoms with Gasteiger partial charge in [0, 0.05) is 35.7 Å². The summed E-state index contributed by atoms with van der Waals surface area (Å²) in [5.74, 6) is 0.674. The summed E-state index contributed by atoms with van der Waals surface area (Å²) in [5.41, 5.74) is 4.65. The molecule has 142 valence electrons. The molecule has 5 nitrogen and oxygen atoms in total. The highest BCUT2D eigenvalue weighted by Crippen LogP contribution is 2.41. The summed E-state index contributed by atoms with van der Waals surface area (Å²) in [6.45, 7) is 2.45. The van der Waals surface area contributed by atoms with E-state index in [4.69, 9.17) is 9.97 Å². The number of nitrogens with zero attached hydrogens (tertiary/aromatic N) is 3. The Hall–Kier alpha value is -1.99. The van der Waals surface area contributed by atoms with E-state index < -0.39 is 9.84 Å². The number of anilines is 1. The number of aromatic nitrogens is 2. The third-order valence-corrected chi connectivity index (χ3v) is 7.13. The summed E-state index contributed by atoms with van der Waals surface area (Å²) >= 11 is 1.76. The van der Waals surface area contributed by atoms with Crippen molar-refractivity contribution in [3.63, 3.8) is 0 Å². The van der Waals surface area contributed by atoms with Crippen LogP contribution in [-0.4, -0.2) is 44.0 Å². The van der Waals surface area contributed by atoms with E-state index in [1.54, 1.807) is 11.3 Å². The van der Waals surface area contributed by atoms with E-state index in [0.717, 1.165) is 28.9 Å². The first-order chi connectivity index (χ1) is 12.8. The molecule has 0 amide bonds. The zero-order chi connectivity index (χ0) is 19.2. The Morgan fingerprint density at radius 2 is 1.89 bits per heavy atom. The van der Waals surface area contributed by atoms with Gasteiger partial charge in [0.25, 0.3) is 0 Å². The maximum absolute atomic E-state index is 11.5. The zero-order valence-electron chi connectivity index (χ0n) is 15.8. The Morgan fingerprint density at radius 3 is 2.59 bits per heavy atom.